The Bertz CT molecular complexity index is 1580. The minimum Gasteiger partial charge on any atom is -0.331 e. The number of amides is 2. The summed E-state index contributed by atoms with van der Waals surface area (Å²) < 4.78 is 30.8. The van der Waals surface area contributed by atoms with Crippen LogP contribution in [0, 0.1) is 18.6 Å². The molecule has 2 aromatic carbocycles. The number of carbonyl (C=O) groups excluding carboxylic acids is 1. The molecule has 0 fully saturated rings. The molecular weight excluding hydrogens is 492 g/mol. The lowest BCUT2D eigenvalue weighted by atomic mass is 10.2. The van der Waals surface area contributed by atoms with Crippen molar-refractivity contribution < 1.29 is 13.6 Å². The number of halogens is 3. The second-order valence-electron chi connectivity index (χ2n) is 7.71. The fourth-order valence-electron chi connectivity index (χ4n) is 3.61. The molecular formula is C23H18ClF2N9O. The number of nitrogens with zero attached hydrogens (tertiary/aromatic N) is 7. The number of hydrogen-bond acceptors (Lipinski definition) is 6. The monoisotopic (exact) mass is 509 g/mol. The number of carbonyl (C=O) groups is 1. The van der Waals surface area contributed by atoms with Crippen molar-refractivity contribution >= 4 is 28.5 Å². The summed E-state index contributed by atoms with van der Waals surface area (Å²) in [7, 11) is 0. The van der Waals surface area contributed by atoms with Gasteiger partial charge < -0.3 is 10.6 Å². The molecule has 5 aromatic rings. The van der Waals surface area contributed by atoms with Gasteiger partial charge in [-0.3, -0.25) is 4.98 Å². The van der Waals surface area contributed by atoms with E-state index >= 15 is 0 Å². The van der Waals surface area contributed by atoms with Crippen molar-refractivity contribution in [2.75, 3.05) is 0 Å². The van der Waals surface area contributed by atoms with Gasteiger partial charge in [0, 0.05) is 11.5 Å². The molecule has 2 amide bonds. The van der Waals surface area contributed by atoms with Crippen LogP contribution >= 0.6 is 11.6 Å². The quantitative estimate of drug-likeness (QED) is 0.361. The van der Waals surface area contributed by atoms with Crippen LogP contribution in [0.4, 0.5) is 13.6 Å². The van der Waals surface area contributed by atoms with Crippen LogP contribution in [0.3, 0.4) is 0 Å². The fourth-order valence-corrected chi connectivity index (χ4v) is 3.73. The summed E-state index contributed by atoms with van der Waals surface area (Å²) in [5.74, 6) is 0.304. The first-order valence-electron chi connectivity index (χ1n) is 10.7. The molecule has 3 aromatic heterocycles. The van der Waals surface area contributed by atoms with E-state index in [9.17, 15) is 13.6 Å². The zero-order chi connectivity index (χ0) is 25.2. The normalized spacial score (nSPS) is 11.1. The number of aromatic nitrogens is 7. The number of fused-ring (bicyclic) bond motifs is 1. The smallest absolute Gasteiger partial charge is 0.315 e. The maximum absolute atomic E-state index is 13.9. The van der Waals surface area contributed by atoms with Crippen molar-refractivity contribution in [3.05, 3.63) is 89.1 Å². The van der Waals surface area contributed by atoms with Crippen LogP contribution in [0.1, 0.15) is 17.5 Å². The van der Waals surface area contributed by atoms with Crippen LogP contribution in [0.2, 0.25) is 5.02 Å². The van der Waals surface area contributed by atoms with E-state index in [1.807, 2.05) is 0 Å². The third-order valence-corrected chi connectivity index (χ3v) is 5.56. The minimum absolute atomic E-state index is 0.00544. The number of aryl methyl sites for hydroxylation is 1. The topological polar surface area (TPSA) is 115 Å². The molecule has 0 saturated carbocycles. The Balaban J connectivity index is 1.25. The Morgan fingerprint density at radius 1 is 0.972 bits per heavy atom. The molecule has 0 aliphatic rings. The number of pyridine rings is 1. The number of para-hydroxylation sites is 1. The Morgan fingerprint density at radius 3 is 2.58 bits per heavy atom. The van der Waals surface area contributed by atoms with Gasteiger partial charge in [-0.2, -0.15) is 10.2 Å². The van der Waals surface area contributed by atoms with E-state index in [2.05, 4.69) is 35.8 Å². The van der Waals surface area contributed by atoms with Gasteiger partial charge in [0.15, 0.2) is 11.6 Å². The number of urea groups is 1. The molecule has 0 bridgehead atoms. The Labute approximate surface area is 208 Å². The maximum atomic E-state index is 13.9. The van der Waals surface area contributed by atoms with Crippen molar-refractivity contribution in [1.82, 2.24) is 45.1 Å². The van der Waals surface area contributed by atoms with Gasteiger partial charge in [0.05, 0.1) is 35.7 Å². The van der Waals surface area contributed by atoms with Crippen molar-refractivity contribution in [3.63, 3.8) is 0 Å². The molecule has 0 saturated heterocycles. The second kappa shape index (κ2) is 9.66. The highest BCUT2D eigenvalue weighted by Crippen LogP contribution is 2.20. The van der Waals surface area contributed by atoms with E-state index in [0.717, 1.165) is 0 Å². The van der Waals surface area contributed by atoms with Crippen LogP contribution in [0.15, 0.2) is 55.0 Å². The first-order chi connectivity index (χ1) is 17.4. The first kappa shape index (κ1) is 23.3. The molecule has 0 aliphatic carbocycles. The van der Waals surface area contributed by atoms with E-state index < -0.39 is 17.7 Å². The van der Waals surface area contributed by atoms with E-state index in [4.69, 9.17) is 11.6 Å². The van der Waals surface area contributed by atoms with Gasteiger partial charge in [0.2, 0.25) is 0 Å². The summed E-state index contributed by atoms with van der Waals surface area (Å²) in [6.45, 7) is 1.78. The SMILES string of the molecule is Cc1nc(CNC(=O)NCc2ncnn2-c2cnc3c(F)cccc3c2)n(-c2ccc(Cl)c(F)c2)n1. The average molecular weight is 510 g/mol. The Kier molecular flexibility index (Phi) is 6.25. The fraction of sp³-hybridized carbons (Fsp3) is 0.130. The van der Waals surface area contributed by atoms with Crippen LogP contribution < -0.4 is 10.6 Å². The Hall–Kier alpha value is -4.45. The highest BCUT2D eigenvalue weighted by molar-refractivity contribution is 6.30. The summed E-state index contributed by atoms with van der Waals surface area (Å²) in [4.78, 5) is 25.1. The molecule has 13 heteroatoms. The van der Waals surface area contributed by atoms with Gasteiger partial charge in [-0.15, -0.1) is 0 Å². The summed E-state index contributed by atoms with van der Waals surface area (Å²) >= 11 is 5.76. The summed E-state index contributed by atoms with van der Waals surface area (Å²) in [5, 5.41) is 14.5. The van der Waals surface area contributed by atoms with E-state index in [0.29, 0.717) is 34.2 Å². The number of benzene rings is 2. The molecule has 0 radical (unpaired) electrons. The van der Waals surface area contributed by atoms with Crippen LogP contribution in [-0.2, 0) is 13.1 Å². The zero-order valence-corrected chi connectivity index (χ0v) is 19.5. The molecule has 3 heterocycles. The van der Waals surface area contributed by atoms with Crippen molar-refractivity contribution in [2.24, 2.45) is 0 Å². The van der Waals surface area contributed by atoms with Crippen LogP contribution in [0.25, 0.3) is 22.3 Å². The standard InChI is InChI=1S/C23H18ClF2N9O/c1-13-32-21(35(33-13)15-5-6-17(24)19(26)8-15)11-29-23(36)28-10-20-30-12-31-34(20)16-7-14-3-2-4-18(25)22(14)27-9-16/h2-9,12H,10-11H2,1H3,(H2,28,29,36). The molecule has 0 aliphatic heterocycles. The molecule has 5 rings (SSSR count). The van der Waals surface area contributed by atoms with Crippen LogP contribution in [0.5, 0.6) is 0 Å². The summed E-state index contributed by atoms with van der Waals surface area (Å²) in [6, 6.07) is 10.2. The van der Waals surface area contributed by atoms with Crippen molar-refractivity contribution in [1.29, 1.82) is 0 Å². The van der Waals surface area contributed by atoms with E-state index in [1.165, 1.54) is 40.1 Å². The average Bonchev–Trinajstić information content (AvgIpc) is 3.49. The lowest BCUT2D eigenvalue weighted by Crippen LogP contribution is -2.36. The first-order valence-corrected chi connectivity index (χ1v) is 11.1. The zero-order valence-electron chi connectivity index (χ0n) is 18.8. The molecule has 0 atom stereocenters. The molecule has 2 N–H and O–H groups in total. The molecule has 0 spiro atoms. The molecule has 0 unspecified atom stereocenters. The predicted octanol–water partition coefficient (Wildman–Crippen LogP) is 3.64. The highest BCUT2D eigenvalue weighted by Gasteiger charge is 2.14. The summed E-state index contributed by atoms with van der Waals surface area (Å²) in [6.07, 6.45) is 2.83. The molecule has 10 nitrogen and oxygen atoms in total. The number of rotatable bonds is 6. The lowest BCUT2D eigenvalue weighted by Gasteiger charge is -2.10. The van der Waals surface area contributed by atoms with Crippen molar-refractivity contribution in [2.45, 2.75) is 20.0 Å². The summed E-state index contributed by atoms with van der Waals surface area (Å²) in [5.41, 5.74) is 1.25. The minimum atomic E-state index is -0.588. The Morgan fingerprint density at radius 2 is 1.78 bits per heavy atom. The third kappa shape index (κ3) is 4.70. The van der Waals surface area contributed by atoms with Gasteiger partial charge >= 0.3 is 6.03 Å². The molecule has 182 valence electrons. The number of hydrogen-bond donors (Lipinski definition) is 2. The van der Waals surface area contributed by atoms with Crippen molar-refractivity contribution in [3.8, 4) is 11.4 Å². The van der Waals surface area contributed by atoms with E-state index in [1.54, 1.807) is 31.2 Å². The van der Waals surface area contributed by atoms with Gasteiger partial charge in [-0.1, -0.05) is 23.7 Å². The highest BCUT2D eigenvalue weighted by atomic mass is 35.5. The lowest BCUT2D eigenvalue weighted by molar-refractivity contribution is 0.239. The van der Waals surface area contributed by atoms with Gasteiger partial charge in [-0.25, -0.2) is 32.9 Å². The maximum Gasteiger partial charge on any atom is 0.315 e. The van der Waals surface area contributed by atoms with Gasteiger partial charge in [0.25, 0.3) is 0 Å². The third-order valence-electron chi connectivity index (χ3n) is 5.25. The van der Waals surface area contributed by atoms with Gasteiger partial charge in [-0.05, 0) is 31.2 Å². The second-order valence-corrected chi connectivity index (χ2v) is 8.12. The van der Waals surface area contributed by atoms with Crippen LogP contribution in [-0.4, -0.2) is 40.5 Å². The number of nitrogens with one attached hydrogen (secondary N) is 2. The van der Waals surface area contributed by atoms with Gasteiger partial charge in [0.1, 0.15) is 29.3 Å². The molecule has 36 heavy (non-hydrogen) atoms. The van der Waals surface area contributed by atoms with E-state index in [-0.39, 0.29) is 23.6 Å². The predicted molar refractivity (Wildman–Crippen MR) is 127 cm³/mol. The largest absolute Gasteiger partial charge is 0.331 e.